The van der Waals surface area contributed by atoms with Crippen LogP contribution in [0.25, 0.3) is 0 Å². The summed E-state index contributed by atoms with van der Waals surface area (Å²) in [6, 6.07) is 2.57. The fourth-order valence-corrected chi connectivity index (χ4v) is 3.52. The van der Waals surface area contributed by atoms with Gasteiger partial charge in [0.15, 0.2) is 0 Å². The quantitative estimate of drug-likeness (QED) is 0.122. The number of hydrogen-bond donors (Lipinski definition) is 0. The van der Waals surface area contributed by atoms with Gasteiger partial charge in [0.25, 0.3) is 0 Å². The molecule has 0 aromatic heterocycles. The van der Waals surface area contributed by atoms with Gasteiger partial charge in [0.1, 0.15) is 17.4 Å². The first-order chi connectivity index (χ1) is 15.5. The van der Waals surface area contributed by atoms with E-state index in [1.165, 1.54) is 70.6 Å². The van der Waals surface area contributed by atoms with Gasteiger partial charge in [0.2, 0.25) is 0 Å². The molecule has 0 heterocycles. The van der Waals surface area contributed by atoms with E-state index in [0.717, 1.165) is 25.0 Å². The molecule has 0 radical (unpaired) electrons. The summed E-state index contributed by atoms with van der Waals surface area (Å²) in [5.41, 5.74) is 0. The fraction of sp³-hybridized carbons (Fsp3) is 0.692. The molecule has 0 aliphatic carbocycles. The van der Waals surface area contributed by atoms with Crippen LogP contribution in [0.5, 0.6) is 5.75 Å². The maximum atomic E-state index is 13.1. The molecule has 0 saturated heterocycles. The molecule has 0 unspecified atom stereocenters. The molecule has 1 rings (SSSR count). The van der Waals surface area contributed by atoms with E-state index < -0.39 is 17.6 Å². The Morgan fingerprint density at radius 2 is 1.12 bits per heavy atom. The van der Waals surface area contributed by atoms with Crippen molar-refractivity contribution in [1.29, 1.82) is 0 Å². The molecule has 4 nitrogen and oxygen atoms in total. The predicted molar refractivity (Wildman–Crippen MR) is 122 cm³/mol. The molecule has 0 aliphatic heterocycles. The maximum absolute atomic E-state index is 13.1. The second-order valence-corrected chi connectivity index (χ2v) is 8.40. The normalized spacial score (nSPS) is 10.8. The molecule has 182 valence electrons. The van der Waals surface area contributed by atoms with E-state index in [1.54, 1.807) is 0 Å². The molecule has 0 N–H and O–H groups in total. The highest BCUT2D eigenvalue weighted by molar-refractivity contribution is 5.74. The van der Waals surface area contributed by atoms with E-state index in [1.807, 2.05) is 0 Å². The van der Waals surface area contributed by atoms with Crippen molar-refractivity contribution in [2.24, 2.45) is 0 Å². The third kappa shape index (κ3) is 15.8. The van der Waals surface area contributed by atoms with Crippen LogP contribution in [0.2, 0.25) is 0 Å². The molecular weight excluding hydrogens is 414 g/mol. The summed E-state index contributed by atoms with van der Waals surface area (Å²) in [7, 11) is 0. The molecular formula is C26H40F2O4. The van der Waals surface area contributed by atoms with E-state index in [2.05, 4.69) is 6.92 Å². The smallest absolute Gasteiger partial charge is 0.311 e. The molecule has 0 aliphatic rings. The van der Waals surface area contributed by atoms with Gasteiger partial charge < -0.3 is 9.47 Å². The van der Waals surface area contributed by atoms with Crippen molar-refractivity contribution in [3.63, 3.8) is 0 Å². The van der Waals surface area contributed by atoms with Gasteiger partial charge in [-0.2, -0.15) is 0 Å². The number of halogens is 2. The summed E-state index contributed by atoms with van der Waals surface area (Å²) in [6.07, 6.45) is 16.8. The summed E-state index contributed by atoms with van der Waals surface area (Å²) in [5.74, 6) is -2.79. The molecule has 0 fully saturated rings. The topological polar surface area (TPSA) is 52.6 Å². The summed E-state index contributed by atoms with van der Waals surface area (Å²) in [4.78, 5) is 23.4. The average Bonchev–Trinajstić information content (AvgIpc) is 2.73. The molecule has 0 saturated carbocycles. The van der Waals surface area contributed by atoms with Crippen molar-refractivity contribution in [3.05, 3.63) is 29.8 Å². The van der Waals surface area contributed by atoms with Crippen LogP contribution in [0.3, 0.4) is 0 Å². The first kappa shape index (κ1) is 28.1. The molecule has 32 heavy (non-hydrogen) atoms. The van der Waals surface area contributed by atoms with Gasteiger partial charge in [0.05, 0.1) is 6.61 Å². The lowest BCUT2D eigenvalue weighted by atomic mass is 10.0. The highest BCUT2D eigenvalue weighted by Crippen LogP contribution is 2.16. The second kappa shape index (κ2) is 18.6. The Morgan fingerprint density at radius 3 is 1.66 bits per heavy atom. The second-order valence-electron chi connectivity index (χ2n) is 8.40. The van der Waals surface area contributed by atoms with Gasteiger partial charge in [-0.05, 0) is 12.8 Å². The number of esters is 2. The predicted octanol–water partition coefficient (Wildman–Crippen LogP) is 7.67. The highest BCUT2D eigenvalue weighted by Gasteiger charge is 2.10. The van der Waals surface area contributed by atoms with Gasteiger partial charge in [0, 0.05) is 31.0 Å². The van der Waals surface area contributed by atoms with Gasteiger partial charge in [-0.3, -0.25) is 9.59 Å². The van der Waals surface area contributed by atoms with Crippen LogP contribution in [-0.4, -0.2) is 18.5 Å². The molecule has 0 bridgehead atoms. The van der Waals surface area contributed by atoms with Gasteiger partial charge in [-0.15, -0.1) is 0 Å². The number of rotatable bonds is 19. The van der Waals surface area contributed by atoms with Crippen LogP contribution >= 0.6 is 0 Å². The molecule has 0 amide bonds. The minimum Gasteiger partial charge on any atom is -0.466 e. The molecule has 0 atom stereocenters. The van der Waals surface area contributed by atoms with Crippen molar-refractivity contribution in [1.82, 2.24) is 0 Å². The van der Waals surface area contributed by atoms with Crippen molar-refractivity contribution in [2.75, 3.05) is 6.61 Å². The van der Waals surface area contributed by atoms with Crippen molar-refractivity contribution >= 4 is 11.9 Å². The number of benzene rings is 1. The van der Waals surface area contributed by atoms with E-state index in [4.69, 9.17) is 9.47 Å². The van der Waals surface area contributed by atoms with E-state index >= 15 is 0 Å². The zero-order chi connectivity index (χ0) is 23.4. The monoisotopic (exact) mass is 454 g/mol. The van der Waals surface area contributed by atoms with Crippen molar-refractivity contribution < 1.29 is 27.8 Å². The SMILES string of the molecule is CCCCCCCCCCCCCCCOC(=O)CCCC(=O)Oc1cc(F)cc(F)c1. The minimum atomic E-state index is -0.815. The molecule has 1 aromatic rings. The van der Waals surface area contributed by atoms with Crippen molar-refractivity contribution in [2.45, 2.75) is 110 Å². The van der Waals surface area contributed by atoms with Crippen LogP contribution in [0.4, 0.5) is 8.78 Å². The van der Waals surface area contributed by atoms with Crippen LogP contribution in [0, 0.1) is 11.6 Å². The molecule has 6 heteroatoms. The van der Waals surface area contributed by atoms with Crippen LogP contribution < -0.4 is 4.74 Å². The number of carbonyl (C=O) groups excluding carboxylic acids is 2. The number of carbonyl (C=O) groups is 2. The summed E-state index contributed by atoms with van der Waals surface area (Å²) < 4.78 is 36.2. The summed E-state index contributed by atoms with van der Waals surface area (Å²) in [5, 5.41) is 0. The lowest BCUT2D eigenvalue weighted by Gasteiger charge is -2.06. The van der Waals surface area contributed by atoms with Gasteiger partial charge in [-0.25, -0.2) is 8.78 Å². The largest absolute Gasteiger partial charge is 0.466 e. The third-order valence-corrected chi connectivity index (χ3v) is 5.34. The third-order valence-electron chi connectivity index (χ3n) is 5.34. The first-order valence-corrected chi connectivity index (χ1v) is 12.3. The Kier molecular flexibility index (Phi) is 16.3. The molecule has 0 spiro atoms. The van der Waals surface area contributed by atoms with Gasteiger partial charge >= 0.3 is 11.9 Å². The highest BCUT2D eigenvalue weighted by atomic mass is 19.1. The van der Waals surface area contributed by atoms with Crippen LogP contribution in [0.1, 0.15) is 110 Å². The summed E-state index contributed by atoms with van der Waals surface area (Å²) >= 11 is 0. The number of unbranched alkanes of at least 4 members (excludes halogenated alkanes) is 12. The fourth-order valence-electron chi connectivity index (χ4n) is 3.52. The number of ether oxygens (including phenoxy) is 2. The lowest BCUT2D eigenvalue weighted by Crippen LogP contribution is -2.10. The summed E-state index contributed by atoms with van der Waals surface area (Å²) in [6.45, 7) is 2.65. The van der Waals surface area contributed by atoms with E-state index in [-0.39, 0.29) is 31.0 Å². The Hall–Kier alpha value is -1.98. The zero-order valence-corrected chi connectivity index (χ0v) is 19.6. The van der Waals surface area contributed by atoms with Crippen LogP contribution in [-0.2, 0) is 14.3 Å². The first-order valence-electron chi connectivity index (χ1n) is 12.3. The lowest BCUT2D eigenvalue weighted by molar-refractivity contribution is -0.144. The zero-order valence-electron chi connectivity index (χ0n) is 19.6. The Morgan fingerprint density at radius 1 is 0.656 bits per heavy atom. The van der Waals surface area contributed by atoms with Crippen molar-refractivity contribution in [3.8, 4) is 5.75 Å². The molecule has 1 aromatic carbocycles. The Balaban J connectivity index is 1.90. The number of hydrogen-bond acceptors (Lipinski definition) is 4. The van der Waals surface area contributed by atoms with E-state index in [9.17, 15) is 18.4 Å². The Bertz CT molecular complexity index is 628. The maximum Gasteiger partial charge on any atom is 0.311 e. The Labute approximate surface area is 192 Å². The average molecular weight is 455 g/mol. The van der Waals surface area contributed by atoms with E-state index in [0.29, 0.717) is 12.7 Å². The minimum absolute atomic E-state index is 0.0219. The standard InChI is InChI=1S/C26H40F2O4/c1-2-3-4-5-6-7-8-9-10-11-12-13-14-18-31-25(29)16-15-17-26(30)32-24-20-22(27)19-23(28)21-24/h19-21H,2-18H2,1H3. The van der Waals surface area contributed by atoms with Gasteiger partial charge in [-0.1, -0.05) is 84.0 Å². The van der Waals surface area contributed by atoms with Crippen LogP contribution in [0.15, 0.2) is 18.2 Å².